The predicted molar refractivity (Wildman–Crippen MR) is 180 cm³/mol. The summed E-state index contributed by atoms with van der Waals surface area (Å²) in [6.07, 6.45) is 9.56. The zero-order valence-corrected chi connectivity index (χ0v) is 30.8. The molecule has 5 heterocycles. The summed E-state index contributed by atoms with van der Waals surface area (Å²) in [6, 6.07) is 4.70. The molecule has 2 spiro atoms. The fraction of sp³-hybridized carbons (Fsp3) is 0.639. The second kappa shape index (κ2) is 12.9. The molecule has 5 aliphatic rings. The summed E-state index contributed by atoms with van der Waals surface area (Å²) < 4.78 is 18.4. The summed E-state index contributed by atoms with van der Waals surface area (Å²) in [5.74, 6) is 2.34. The number of hydrogen-bond donors (Lipinski definition) is 0. The zero-order chi connectivity index (χ0) is 33.3. The number of carbonyl (C=O) groups is 1. The van der Waals surface area contributed by atoms with Crippen LogP contribution in [0.3, 0.4) is 0 Å². The smallest absolute Gasteiger partial charge is 0.410 e. The summed E-state index contributed by atoms with van der Waals surface area (Å²) >= 11 is 1.58. The van der Waals surface area contributed by atoms with Crippen LogP contribution in [-0.2, 0) is 40.1 Å². The molecule has 8 rings (SSSR count). The Morgan fingerprint density at radius 1 is 1.14 bits per heavy atom. The van der Waals surface area contributed by atoms with Gasteiger partial charge in [0.1, 0.15) is 18.0 Å². The van der Waals surface area contributed by atoms with E-state index in [1.54, 1.807) is 11.3 Å². The molecule has 2 saturated heterocycles. The van der Waals surface area contributed by atoms with Gasteiger partial charge in [0.15, 0.2) is 0 Å². The van der Waals surface area contributed by atoms with Crippen LogP contribution in [0.15, 0.2) is 10.6 Å². The molecule has 3 fully saturated rings. The van der Waals surface area contributed by atoms with Crippen LogP contribution in [0.1, 0.15) is 99.4 Å². The number of hydrogen-bond acceptors (Lipinski definition) is 11. The Labute approximate surface area is 302 Å². The molecule has 1 amide bonds. The second-order valence-corrected chi connectivity index (χ2v) is 16.3. The summed E-state index contributed by atoms with van der Waals surface area (Å²) in [6.45, 7) is 9.19. The van der Waals surface area contributed by atoms with Gasteiger partial charge in [-0.25, -0.2) is 9.78 Å². The number of aryl methyl sites for hydroxylation is 1. The summed E-state index contributed by atoms with van der Waals surface area (Å²) in [5.41, 5.74) is 2.58. The van der Waals surface area contributed by atoms with E-state index in [-0.39, 0.29) is 34.1 Å². The van der Waals surface area contributed by atoms with Gasteiger partial charge in [0, 0.05) is 59.8 Å². The molecule has 13 heteroatoms. The number of fused-ring (bicyclic) bond motifs is 4. The van der Waals surface area contributed by atoms with E-state index in [4.69, 9.17) is 29.1 Å². The number of anilines is 1. The van der Waals surface area contributed by atoms with Crippen LogP contribution in [0.2, 0.25) is 0 Å². The molecular weight excluding hydrogens is 681 g/mol. The molecule has 1 saturated carbocycles. The maximum atomic E-state index is 13.2. The summed E-state index contributed by atoms with van der Waals surface area (Å²) in [5, 5.41) is 18.0. The molecule has 49 heavy (non-hydrogen) atoms. The Bertz CT molecular complexity index is 1770. The molecule has 1 radical (unpaired) electrons. The van der Waals surface area contributed by atoms with E-state index in [0.29, 0.717) is 55.3 Å². The van der Waals surface area contributed by atoms with Crippen LogP contribution in [0.4, 0.5) is 10.6 Å². The van der Waals surface area contributed by atoms with Gasteiger partial charge < -0.3 is 23.8 Å². The Balaban J connectivity index is 0.00000378. The fourth-order valence-electron chi connectivity index (χ4n) is 8.53. The van der Waals surface area contributed by atoms with Crippen molar-refractivity contribution in [3.05, 3.63) is 38.7 Å². The average Bonchev–Trinajstić information content (AvgIpc) is 3.39. The molecule has 2 atom stereocenters. The Hall–Kier alpha value is -3.17. The maximum Gasteiger partial charge on any atom is 0.410 e. The number of likely N-dealkylation sites (tertiary alicyclic amines) is 1. The minimum absolute atomic E-state index is 0. The molecule has 3 aromatic heterocycles. The molecule has 2 aliphatic heterocycles. The van der Waals surface area contributed by atoms with E-state index in [9.17, 15) is 10.1 Å². The molecule has 11 nitrogen and oxygen atoms in total. The van der Waals surface area contributed by atoms with Gasteiger partial charge in [-0.2, -0.15) is 4.98 Å². The van der Waals surface area contributed by atoms with Crippen molar-refractivity contribution in [2.75, 3.05) is 44.7 Å². The normalized spacial score (nSPS) is 24.3. The summed E-state index contributed by atoms with van der Waals surface area (Å²) in [4.78, 5) is 31.0. The van der Waals surface area contributed by atoms with E-state index < -0.39 is 5.60 Å². The van der Waals surface area contributed by atoms with E-state index >= 15 is 0 Å². The van der Waals surface area contributed by atoms with Crippen LogP contribution in [0, 0.1) is 16.7 Å². The second-order valence-electron chi connectivity index (χ2n) is 15.4. The van der Waals surface area contributed by atoms with Crippen LogP contribution in [0.25, 0.3) is 11.6 Å². The minimum atomic E-state index is -0.544. The number of ether oxygens (including phenoxy) is 2. The molecule has 261 valence electrons. The number of piperazine rings is 1. The van der Waals surface area contributed by atoms with Gasteiger partial charge in [-0.15, -0.1) is 10.4 Å². The van der Waals surface area contributed by atoms with Crippen molar-refractivity contribution in [1.82, 2.24) is 24.9 Å². The van der Waals surface area contributed by atoms with E-state index in [1.807, 2.05) is 31.7 Å². The van der Waals surface area contributed by atoms with Gasteiger partial charge >= 0.3 is 6.09 Å². The number of amides is 1. The fourth-order valence-corrected chi connectivity index (χ4v) is 9.54. The third-order valence-corrected chi connectivity index (χ3v) is 12.0. The molecule has 0 unspecified atom stereocenters. The first-order valence-electron chi connectivity index (χ1n) is 17.5. The van der Waals surface area contributed by atoms with Gasteiger partial charge in [0.05, 0.1) is 11.2 Å². The Morgan fingerprint density at radius 3 is 2.65 bits per heavy atom. The molecule has 0 bridgehead atoms. The maximum absolute atomic E-state index is 13.2. The number of rotatable bonds is 5. The van der Waals surface area contributed by atoms with Crippen LogP contribution < -0.4 is 9.64 Å². The largest absolute Gasteiger partial charge is 0.476 e. The number of aromatic nitrogens is 3. The molecule has 0 N–H and O–H groups in total. The minimum Gasteiger partial charge on any atom is -0.476 e. The third kappa shape index (κ3) is 6.13. The van der Waals surface area contributed by atoms with Crippen molar-refractivity contribution in [3.63, 3.8) is 0 Å². The SMILES string of the molecule is CN1CCC[C@H]1COc1cc(N2CCN(C(=O)OC(C)(C)C)C3(CC3)C2)nc(-c2onc3c2CCC[C@@]32CCCc3s[c-]c(C#N)c32)n1.[Mn]. The first-order chi connectivity index (χ1) is 23.1. The number of carbonyl (C=O) groups excluding carboxylic acids is 1. The number of likely N-dealkylation sites (N-methyl/N-ethyl adjacent to an activating group) is 1. The molecule has 3 aliphatic carbocycles. The molecule has 3 aromatic rings. The third-order valence-electron chi connectivity index (χ3n) is 11.1. The van der Waals surface area contributed by atoms with Crippen molar-refractivity contribution in [3.8, 4) is 23.5 Å². The first kappa shape index (κ1) is 34.3. The van der Waals surface area contributed by atoms with Crippen LogP contribution >= 0.6 is 11.3 Å². The topological polar surface area (TPSA) is 121 Å². The van der Waals surface area contributed by atoms with Gasteiger partial charge in [-0.05, 0) is 91.8 Å². The Morgan fingerprint density at radius 2 is 1.94 bits per heavy atom. The quantitative estimate of drug-likeness (QED) is 0.233. The standard InChI is InChI=1S/C36H44N7O4S.Mn/c1-34(2,3)46-33(44)43-17-16-42(22-35(43)13-14-35)27-18-28(45-20-24-8-7-15-41(24)4)39-32(38-27)30-25-9-5-11-36(31(25)40-47-30)12-6-10-26-29(36)23(19-37)21-48-26;/h18,24H,5-17,20,22H2,1-4H3;/q-1;/t24-,36-;/m0./s1. The van der Waals surface area contributed by atoms with Crippen molar-refractivity contribution >= 4 is 23.2 Å². The number of nitrogens with zero attached hydrogens (tertiary/aromatic N) is 7. The van der Waals surface area contributed by atoms with Gasteiger partial charge in [-0.1, -0.05) is 28.9 Å². The molecular formula is C36H44MnN7O4S-. The monoisotopic (exact) mass is 725 g/mol. The van der Waals surface area contributed by atoms with Crippen LogP contribution in [-0.4, -0.2) is 88.0 Å². The number of thiophene rings is 1. The molecule has 0 aromatic carbocycles. The first-order valence-corrected chi connectivity index (χ1v) is 18.3. The van der Waals surface area contributed by atoms with Crippen molar-refractivity contribution in [1.29, 1.82) is 5.26 Å². The predicted octanol–water partition coefficient (Wildman–Crippen LogP) is 5.88. The van der Waals surface area contributed by atoms with Crippen molar-refractivity contribution < 1.29 is 35.9 Å². The zero-order valence-electron chi connectivity index (χ0n) is 28.8. The number of nitriles is 1. The van der Waals surface area contributed by atoms with E-state index in [0.717, 1.165) is 93.4 Å². The van der Waals surface area contributed by atoms with Gasteiger partial charge in [0.2, 0.25) is 17.5 Å². The Kier molecular flexibility index (Phi) is 9.00. The summed E-state index contributed by atoms with van der Waals surface area (Å²) in [7, 11) is 2.15. The van der Waals surface area contributed by atoms with Crippen molar-refractivity contribution in [2.45, 2.75) is 108 Å². The van der Waals surface area contributed by atoms with E-state index in [1.165, 1.54) is 4.88 Å². The van der Waals surface area contributed by atoms with Gasteiger partial charge in [0.25, 0.3) is 0 Å². The van der Waals surface area contributed by atoms with E-state index in [2.05, 4.69) is 28.3 Å². The van der Waals surface area contributed by atoms with Crippen LogP contribution in [0.5, 0.6) is 5.88 Å². The van der Waals surface area contributed by atoms with Gasteiger partial charge in [-0.3, -0.25) is 21.5 Å². The average molecular weight is 726 g/mol. The van der Waals surface area contributed by atoms with Crippen molar-refractivity contribution in [2.24, 2.45) is 0 Å².